The molecule has 0 radical (unpaired) electrons. The Balaban J connectivity index is 0.00000192. The van der Waals surface area contributed by atoms with Gasteiger partial charge in [0.05, 0.1) is 0 Å². The lowest BCUT2D eigenvalue weighted by atomic mass is 9.64. The van der Waals surface area contributed by atoms with Gasteiger partial charge in [0, 0.05) is 6.42 Å². The number of rotatable bonds is 2. The maximum atomic E-state index is 14.7. The zero-order valence-electron chi connectivity index (χ0n) is 15.3. The number of hydrogen-bond acceptors (Lipinski definition) is 0. The molecule has 6 heteroatoms. The third-order valence-electron chi connectivity index (χ3n) is 6.89. The lowest BCUT2D eigenvalue weighted by molar-refractivity contribution is 0.00320. The molecular weight excluding hydrogens is 333 g/mol. The summed E-state index contributed by atoms with van der Waals surface area (Å²) in [5, 5.41) is 0. The van der Waals surface area contributed by atoms with Crippen molar-refractivity contribution in [1.29, 1.82) is 0 Å². The molecule has 0 spiro atoms. The van der Waals surface area contributed by atoms with E-state index in [4.69, 9.17) is 0 Å². The van der Waals surface area contributed by atoms with E-state index >= 15 is 0 Å². The number of halogens is 3. The minimum atomic E-state index is -1.05. The molecule has 152 valence electrons. The smallest absolute Gasteiger partial charge is 0.106 e. The zero-order chi connectivity index (χ0) is 15.7. The second-order valence-corrected chi connectivity index (χ2v) is 8.36. The monoisotopic (exact) mass is 370 g/mol. The molecule has 0 heterocycles. The van der Waals surface area contributed by atoms with E-state index in [9.17, 15) is 13.2 Å². The van der Waals surface area contributed by atoms with Crippen LogP contribution in [0, 0.1) is 29.6 Å². The van der Waals surface area contributed by atoms with Crippen LogP contribution >= 0.6 is 0 Å². The highest BCUT2D eigenvalue weighted by Gasteiger charge is 2.42. The van der Waals surface area contributed by atoms with Crippen LogP contribution in [0.25, 0.3) is 0 Å². The molecule has 0 aliphatic heterocycles. The standard InChI is InChI=1S/C19H31F3.3H2O/c1-12-2-4-13(5-3-12)16-8-6-14(10-18(16)21)17-9-7-15(20)11-19(17)22;;;/h12-19H,2-11H2,1H3;3*1H2. The molecule has 6 unspecified atom stereocenters. The number of hydrogen-bond donors (Lipinski definition) is 0. The van der Waals surface area contributed by atoms with Crippen LogP contribution in [0.2, 0.25) is 0 Å². The Kier molecular flexibility index (Phi) is 10.6. The molecule has 3 fully saturated rings. The molecule has 3 aliphatic carbocycles. The van der Waals surface area contributed by atoms with Crippen LogP contribution in [0.15, 0.2) is 0 Å². The fourth-order valence-corrected chi connectivity index (χ4v) is 5.43. The van der Waals surface area contributed by atoms with Gasteiger partial charge in [-0.3, -0.25) is 0 Å². The molecule has 3 saturated carbocycles. The minimum Gasteiger partial charge on any atom is -0.412 e. The van der Waals surface area contributed by atoms with Crippen molar-refractivity contribution in [2.45, 2.75) is 89.6 Å². The predicted octanol–water partition coefficient (Wildman–Crippen LogP) is 3.57. The first kappa shape index (κ1) is 24.7. The van der Waals surface area contributed by atoms with E-state index in [0.29, 0.717) is 25.2 Å². The van der Waals surface area contributed by atoms with E-state index < -0.39 is 18.5 Å². The van der Waals surface area contributed by atoms with E-state index in [0.717, 1.165) is 18.8 Å². The van der Waals surface area contributed by atoms with Crippen LogP contribution in [0.5, 0.6) is 0 Å². The van der Waals surface area contributed by atoms with Crippen molar-refractivity contribution in [2.24, 2.45) is 29.6 Å². The summed E-state index contributed by atoms with van der Waals surface area (Å²) in [6.07, 6.45) is 5.59. The van der Waals surface area contributed by atoms with Crippen molar-refractivity contribution in [3.63, 3.8) is 0 Å². The summed E-state index contributed by atoms with van der Waals surface area (Å²) in [5.41, 5.74) is 0. The van der Waals surface area contributed by atoms with E-state index in [1.807, 2.05) is 0 Å². The van der Waals surface area contributed by atoms with Gasteiger partial charge in [-0.15, -0.1) is 0 Å². The predicted molar refractivity (Wildman–Crippen MR) is 94.8 cm³/mol. The summed E-state index contributed by atoms with van der Waals surface area (Å²) >= 11 is 0. The molecule has 0 aromatic heterocycles. The first-order valence-electron chi connectivity index (χ1n) is 9.46. The van der Waals surface area contributed by atoms with E-state index in [2.05, 4.69) is 6.92 Å². The summed E-state index contributed by atoms with van der Waals surface area (Å²) in [4.78, 5) is 0. The fourth-order valence-electron chi connectivity index (χ4n) is 5.43. The van der Waals surface area contributed by atoms with Gasteiger partial charge in [-0.2, -0.15) is 0 Å². The molecule has 3 aliphatic rings. The second-order valence-electron chi connectivity index (χ2n) is 8.36. The average Bonchev–Trinajstić information content (AvgIpc) is 2.48. The molecule has 3 nitrogen and oxygen atoms in total. The van der Waals surface area contributed by atoms with Crippen LogP contribution < -0.4 is 0 Å². The van der Waals surface area contributed by atoms with Crippen molar-refractivity contribution < 1.29 is 29.6 Å². The van der Waals surface area contributed by atoms with Crippen LogP contribution in [0.3, 0.4) is 0 Å². The molecule has 3 rings (SSSR count). The Hall–Kier alpha value is -0.330. The Morgan fingerprint density at radius 1 is 0.560 bits per heavy atom. The summed E-state index contributed by atoms with van der Waals surface area (Å²) in [6, 6.07) is 0. The number of alkyl halides is 3. The highest BCUT2D eigenvalue weighted by Crippen LogP contribution is 2.47. The third kappa shape index (κ3) is 5.83. The van der Waals surface area contributed by atoms with Crippen LogP contribution in [-0.2, 0) is 0 Å². The van der Waals surface area contributed by atoms with Gasteiger partial charge >= 0.3 is 0 Å². The highest BCUT2D eigenvalue weighted by atomic mass is 19.1. The van der Waals surface area contributed by atoms with E-state index in [1.54, 1.807) is 0 Å². The van der Waals surface area contributed by atoms with Crippen LogP contribution in [0.4, 0.5) is 13.2 Å². The molecule has 25 heavy (non-hydrogen) atoms. The van der Waals surface area contributed by atoms with Gasteiger partial charge in [0.1, 0.15) is 18.5 Å². The SMILES string of the molecule is CC1CCC(C2CCC(C3CCC(F)CC3F)CC2F)CC1.O.O.O. The molecule has 6 N–H and O–H groups in total. The highest BCUT2D eigenvalue weighted by molar-refractivity contribution is 4.92. The third-order valence-corrected chi connectivity index (χ3v) is 6.89. The lowest BCUT2D eigenvalue weighted by Crippen LogP contribution is -2.39. The zero-order valence-corrected chi connectivity index (χ0v) is 15.3. The molecule has 0 aromatic carbocycles. The van der Waals surface area contributed by atoms with Crippen molar-refractivity contribution in [3.05, 3.63) is 0 Å². The molecule has 0 bridgehead atoms. The average molecular weight is 370 g/mol. The summed E-state index contributed by atoms with van der Waals surface area (Å²) < 4.78 is 42.2. The maximum Gasteiger partial charge on any atom is 0.106 e. The van der Waals surface area contributed by atoms with Crippen molar-refractivity contribution >= 4 is 0 Å². The van der Waals surface area contributed by atoms with Gasteiger partial charge in [-0.05, 0) is 74.5 Å². The summed E-state index contributed by atoms with van der Waals surface area (Å²) in [5.74, 6) is 1.62. The van der Waals surface area contributed by atoms with Gasteiger partial charge in [0.25, 0.3) is 0 Å². The maximum absolute atomic E-state index is 14.7. The van der Waals surface area contributed by atoms with Gasteiger partial charge in [0.15, 0.2) is 0 Å². The Labute approximate surface area is 149 Å². The summed E-state index contributed by atoms with van der Waals surface area (Å²) in [7, 11) is 0. The largest absolute Gasteiger partial charge is 0.412 e. The molecule has 6 atom stereocenters. The quantitative estimate of drug-likeness (QED) is 0.710. The van der Waals surface area contributed by atoms with Crippen molar-refractivity contribution in [1.82, 2.24) is 0 Å². The van der Waals surface area contributed by atoms with E-state index in [-0.39, 0.29) is 40.6 Å². The summed E-state index contributed by atoms with van der Waals surface area (Å²) in [6.45, 7) is 2.29. The van der Waals surface area contributed by atoms with Gasteiger partial charge in [-0.25, -0.2) is 13.2 Å². The topological polar surface area (TPSA) is 94.5 Å². The Morgan fingerprint density at radius 2 is 1.04 bits per heavy atom. The second kappa shape index (κ2) is 10.7. The van der Waals surface area contributed by atoms with Crippen molar-refractivity contribution in [3.8, 4) is 0 Å². The van der Waals surface area contributed by atoms with Crippen molar-refractivity contribution in [2.75, 3.05) is 0 Å². The van der Waals surface area contributed by atoms with Gasteiger partial charge < -0.3 is 16.4 Å². The van der Waals surface area contributed by atoms with Gasteiger partial charge in [0.2, 0.25) is 0 Å². The van der Waals surface area contributed by atoms with Crippen LogP contribution in [0.1, 0.15) is 71.1 Å². The Morgan fingerprint density at radius 3 is 1.60 bits per heavy atom. The normalized spacial score (nSPS) is 44.6. The van der Waals surface area contributed by atoms with Gasteiger partial charge in [-0.1, -0.05) is 19.8 Å². The Bertz CT molecular complexity index is 364. The molecule has 0 amide bonds. The molecule has 0 saturated heterocycles. The first-order valence-corrected chi connectivity index (χ1v) is 9.46. The first-order chi connectivity index (χ1) is 10.5. The molecule has 0 aromatic rings. The fraction of sp³-hybridized carbons (Fsp3) is 1.00. The van der Waals surface area contributed by atoms with Crippen LogP contribution in [-0.4, -0.2) is 34.9 Å². The molecular formula is C19H37F3O3. The minimum absolute atomic E-state index is 0. The lowest BCUT2D eigenvalue weighted by Gasteiger charge is -2.43. The van der Waals surface area contributed by atoms with E-state index in [1.165, 1.54) is 25.7 Å².